The van der Waals surface area contributed by atoms with Gasteiger partial charge in [0.05, 0.1) is 18.8 Å². The second-order valence-corrected chi connectivity index (χ2v) is 6.20. The van der Waals surface area contributed by atoms with Crippen LogP contribution in [0.4, 0.5) is 0 Å². The molecule has 0 radical (unpaired) electrons. The van der Waals surface area contributed by atoms with Crippen molar-refractivity contribution in [3.63, 3.8) is 0 Å². The number of carbonyl (C=O) groups is 1. The van der Waals surface area contributed by atoms with E-state index in [0.29, 0.717) is 31.3 Å². The first kappa shape index (κ1) is 17.8. The molecule has 5 nitrogen and oxygen atoms in total. The summed E-state index contributed by atoms with van der Waals surface area (Å²) in [6.45, 7) is 10.7. The lowest BCUT2D eigenvalue weighted by Crippen LogP contribution is -2.45. The van der Waals surface area contributed by atoms with Gasteiger partial charge in [-0.1, -0.05) is 13.8 Å². The molecule has 1 aromatic rings. The summed E-state index contributed by atoms with van der Waals surface area (Å²) in [7, 11) is 0. The van der Waals surface area contributed by atoms with E-state index in [2.05, 4.69) is 18.7 Å². The predicted molar refractivity (Wildman–Crippen MR) is 88.9 cm³/mol. The van der Waals surface area contributed by atoms with Crippen LogP contribution < -0.4 is 4.74 Å². The van der Waals surface area contributed by atoms with Crippen molar-refractivity contribution in [1.29, 1.82) is 0 Å². The number of hydrogen-bond donors (Lipinski definition) is 0. The summed E-state index contributed by atoms with van der Waals surface area (Å²) >= 11 is 0. The van der Waals surface area contributed by atoms with Gasteiger partial charge in [-0.2, -0.15) is 0 Å². The average molecular weight is 321 g/mol. The number of hydrogen-bond acceptors (Lipinski definition) is 5. The molecule has 0 aliphatic carbocycles. The van der Waals surface area contributed by atoms with Crippen molar-refractivity contribution >= 4 is 5.97 Å². The second kappa shape index (κ2) is 8.89. The first-order chi connectivity index (χ1) is 11.1. The molecule has 0 spiro atoms. The van der Waals surface area contributed by atoms with Crippen molar-refractivity contribution in [2.75, 3.05) is 39.5 Å². The quantitative estimate of drug-likeness (QED) is 0.723. The third kappa shape index (κ3) is 5.84. The van der Waals surface area contributed by atoms with E-state index in [-0.39, 0.29) is 12.1 Å². The van der Waals surface area contributed by atoms with Crippen LogP contribution in [0.3, 0.4) is 0 Å². The molecule has 2 rings (SSSR count). The van der Waals surface area contributed by atoms with Gasteiger partial charge in [0.2, 0.25) is 0 Å². The molecule has 1 aliphatic rings. The zero-order chi connectivity index (χ0) is 16.7. The molecule has 128 valence electrons. The van der Waals surface area contributed by atoms with Gasteiger partial charge >= 0.3 is 5.97 Å². The number of benzene rings is 1. The van der Waals surface area contributed by atoms with Gasteiger partial charge in [0.25, 0.3) is 0 Å². The molecule has 1 aliphatic heterocycles. The minimum absolute atomic E-state index is 0.0471. The Morgan fingerprint density at radius 2 is 2.09 bits per heavy atom. The fraction of sp³-hybridized carbons (Fsp3) is 0.611. The highest BCUT2D eigenvalue weighted by Crippen LogP contribution is 2.14. The van der Waals surface area contributed by atoms with Gasteiger partial charge in [0.1, 0.15) is 18.5 Å². The molecular weight excluding hydrogens is 294 g/mol. The third-order valence-electron chi connectivity index (χ3n) is 3.65. The van der Waals surface area contributed by atoms with E-state index in [0.717, 1.165) is 25.4 Å². The van der Waals surface area contributed by atoms with Gasteiger partial charge in [-0.05, 0) is 37.1 Å². The number of esters is 1. The Balaban J connectivity index is 1.79. The maximum Gasteiger partial charge on any atom is 0.338 e. The van der Waals surface area contributed by atoms with Crippen molar-refractivity contribution in [2.24, 2.45) is 5.92 Å². The predicted octanol–water partition coefficient (Wildman–Crippen LogP) is 2.60. The third-order valence-corrected chi connectivity index (χ3v) is 3.65. The van der Waals surface area contributed by atoms with Crippen molar-refractivity contribution in [2.45, 2.75) is 26.9 Å². The fourth-order valence-electron chi connectivity index (χ4n) is 2.67. The van der Waals surface area contributed by atoms with Gasteiger partial charge in [0, 0.05) is 19.6 Å². The molecular formula is C18H27NO4. The smallest absolute Gasteiger partial charge is 0.338 e. The molecule has 1 unspecified atom stereocenters. The summed E-state index contributed by atoms with van der Waals surface area (Å²) in [5.41, 5.74) is 0.531. The molecule has 0 amide bonds. The van der Waals surface area contributed by atoms with E-state index in [1.807, 2.05) is 6.92 Å². The molecule has 0 aromatic heterocycles. The molecule has 1 saturated heterocycles. The van der Waals surface area contributed by atoms with E-state index in [9.17, 15) is 4.79 Å². The second-order valence-electron chi connectivity index (χ2n) is 6.20. The lowest BCUT2D eigenvalue weighted by atomic mass is 10.2. The highest BCUT2D eigenvalue weighted by Gasteiger charge is 2.22. The topological polar surface area (TPSA) is 48.0 Å². The monoisotopic (exact) mass is 321 g/mol. The standard InChI is InChI=1S/C18H27NO4/c1-4-21-16-7-5-15(6-8-16)18(20)23-13-17-12-19(9-10-22-17)11-14(2)3/h5-8,14,17H,4,9-13H2,1-3H3. The summed E-state index contributed by atoms with van der Waals surface area (Å²) in [4.78, 5) is 14.4. The van der Waals surface area contributed by atoms with Gasteiger partial charge in [-0.3, -0.25) is 4.90 Å². The Kier molecular flexibility index (Phi) is 6.86. The van der Waals surface area contributed by atoms with Crippen LogP contribution in [0.25, 0.3) is 0 Å². The molecule has 1 atom stereocenters. The molecule has 0 N–H and O–H groups in total. The maximum absolute atomic E-state index is 12.1. The van der Waals surface area contributed by atoms with Gasteiger partial charge in [0.15, 0.2) is 0 Å². The Bertz CT molecular complexity index is 486. The summed E-state index contributed by atoms with van der Waals surface area (Å²) in [6, 6.07) is 7.00. The van der Waals surface area contributed by atoms with Crippen LogP contribution in [0.2, 0.25) is 0 Å². The summed E-state index contributed by atoms with van der Waals surface area (Å²) in [5, 5.41) is 0. The average Bonchev–Trinajstić information content (AvgIpc) is 2.53. The molecule has 0 saturated carbocycles. The van der Waals surface area contributed by atoms with Crippen molar-refractivity contribution in [3.8, 4) is 5.75 Å². The van der Waals surface area contributed by atoms with E-state index < -0.39 is 0 Å². The Hall–Kier alpha value is -1.59. The highest BCUT2D eigenvalue weighted by molar-refractivity contribution is 5.89. The molecule has 5 heteroatoms. The van der Waals surface area contributed by atoms with E-state index >= 15 is 0 Å². The van der Waals surface area contributed by atoms with Crippen LogP contribution in [0, 0.1) is 5.92 Å². The van der Waals surface area contributed by atoms with Gasteiger partial charge in [-0.15, -0.1) is 0 Å². The van der Waals surface area contributed by atoms with E-state index in [4.69, 9.17) is 14.2 Å². The SMILES string of the molecule is CCOc1ccc(C(=O)OCC2CN(CC(C)C)CCO2)cc1. The largest absolute Gasteiger partial charge is 0.494 e. The van der Waals surface area contributed by atoms with Crippen LogP contribution >= 0.6 is 0 Å². The van der Waals surface area contributed by atoms with Crippen LogP contribution in [-0.2, 0) is 9.47 Å². The van der Waals surface area contributed by atoms with Crippen molar-refractivity contribution in [1.82, 2.24) is 4.90 Å². The lowest BCUT2D eigenvalue weighted by molar-refractivity contribution is -0.0612. The van der Waals surface area contributed by atoms with Crippen LogP contribution in [0.1, 0.15) is 31.1 Å². The molecule has 23 heavy (non-hydrogen) atoms. The van der Waals surface area contributed by atoms with Crippen LogP contribution in [-0.4, -0.2) is 56.4 Å². The number of rotatable bonds is 7. The van der Waals surface area contributed by atoms with Gasteiger partial charge < -0.3 is 14.2 Å². The number of morpholine rings is 1. The molecule has 0 bridgehead atoms. The van der Waals surface area contributed by atoms with E-state index in [1.54, 1.807) is 24.3 Å². The zero-order valence-electron chi connectivity index (χ0n) is 14.3. The Morgan fingerprint density at radius 3 is 2.74 bits per heavy atom. The maximum atomic E-state index is 12.1. The Morgan fingerprint density at radius 1 is 1.35 bits per heavy atom. The summed E-state index contributed by atoms with van der Waals surface area (Å²) < 4.78 is 16.4. The normalized spacial score (nSPS) is 18.9. The van der Waals surface area contributed by atoms with Crippen molar-refractivity contribution < 1.29 is 19.0 Å². The fourth-order valence-corrected chi connectivity index (χ4v) is 2.67. The molecule has 1 heterocycles. The first-order valence-electron chi connectivity index (χ1n) is 8.32. The number of ether oxygens (including phenoxy) is 3. The van der Waals surface area contributed by atoms with Crippen molar-refractivity contribution in [3.05, 3.63) is 29.8 Å². The highest BCUT2D eigenvalue weighted by atomic mass is 16.6. The van der Waals surface area contributed by atoms with Gasteiger partial charge in [-0.25, -0.2) is 4.79 Å². The first-order valence-corrected chi connectivity index (χ1v) is 8.32. The zero-order valence-corrected chi connectivity index (χ0v) is 14.3. The molecule has 1 aromatic carbocycles. The summed E-state index contributed by atoms with van der Waals surface area (Å²) in [5.74, 6) is 1.06. The number of nitrogens with zero attached hydrogens (tertiary/aromatic N) is 1. The summed E-state index contributed by atoms with van der Waals surface area (Å²) in [6.07, 6.45) is -0.0471. The lowest BCUT2D eigenvalue weighted by Gasteiger charge is -2.33. The van der Waals surface area contributed by atoms with Crippen LogP contribution in [0.5, 0.6) is 5.75 Å². The Labute approximate surface area is 138 Å². The van der Waals surface area contributed by atoms with E-state index in [1.165, 1.54) is 0 Å². The number of carbonyl (C=O) groups excluding carboxylic acids is 1. The minimum atomic E-state index is -0.322. The van der Waals surface area contributed by atoms with Crippen LogP contribution in [0.15, 0.2) is 24.3 Å². The molecule has 1 fully saturated rings. The minimum Gasteiger partial charge on any atom is -0.494 e.